The highest BCUT2D eigenvalue weighted by Gasteiger charge is 2.15. The number of amides is 1. The average Bonchev–Trinajstić information content (AvgIpc) is 2.46. The molecular formula is C10H13B2N3O5. The van der Waals surface area contributed by atoms with Crippen LogP contribution in [-0.2, 0) is 11.3 Å². The lowest BCUT2D eigenvalue weighted by atomic mass is 10.1. The van der Waals surface area contributed by atoms with E-state index in [9.17, 15) is 9.90 Å². The van der Waals surface area contributed by atoms with Gasteiger partial charge in [-0.2, -0.15) is 0 Å². The maximum atomic E-state index is 11.3. The largest absolute Gasteiger partial charge is 0.565 e. The van der Waals surface area contributed by atoms with Crippen molar-refractivity contribution in [2.45, 2.75) is 12.6 Å². The number of benzene rings is 1. The predicted octanol–water partition coefficient (Wildman–Crippen LogP) is -2.24. The van der Waals surface area contributed by atoms with E-state index in [2.05, 4.69) is 20.2 Å². The zero-order valence-corrected chi connectivity index (χ0v) is 10.5. The van der Waals surface area contributed by atoms with Gasteiger partial charge in [-0.25, -0.2) is 5.43 Å². The van der Waals surface area contributed by atoms with E-state index in [4.69, 9.17) is 26.9 Å². The molecule has 0 aromatic heterocycles. The Morgan fingerprint density at radius 1 is 1.35 bits per heavy atom. The molecule has 0 bridgehead atoms. The summed E-state index contributed by atoms with van der Waals surface area (Å²) in [4.78, 5) is 11.3. The first-order valence-corrected chi connectivity index (χ1v) is 5.52. The molecule has 0 aliphatic rings. The van der Waals surface area contributed by atoms with E-state index in [1.165, 1.54) is 12.1 Å². The minimum atomic E-state index is -1.03. The summed E-state index contributed by atoms with van der Waals surface area (Å²) in [5, 5.41) is 18.2. The number of rotatable bonds is 7. The summed E-state index contributed by atoms with van der Waals surface area (Å²) in [6.45, 7) is -0.387. The predicted molar refractivity (Wildman–Crippen MR) is 70.9 cm³/mol. The Kier molecular flexibility index (Phi) is 6.16. The van der Waals surface area contributed by atoms with Gasteiger partial charge in [-0.1, -0.05) is 6.07 Å². The number of aromatic hydroxyl groups is 1. The van der Waals surface area contributed by atoms with E-state index in [-0.39, 0.29) is 23.8 Å². The highest BCUT2D eigenvalue weighted by molar-refractivity contribution is 6.02. The van der Waals surface area contributed by atoms with E-state index in [1.807, 2.05) is 0 Å². The van der Waals surface area contributed by atoms with Crippen molar-refractivity contribution >= 4 is 22.0 Å². The number of nitrogens with one attached hydrogen (secondary N) is 2. The molecule has 8 nitrogen and oxygen atoms in total. The van der Waals surface area contributed by atoms with Crippen molar-refractivity contribution in [3.8, 4) is 17.2 Å². The lowest BCUT2D eigenvalue weighted by Gasteiger charge is -2.16. The number of carbonyl (C=O) groups excluding carboxylic acids is 1. The van der Waals surface area contributed by atoms with E-state index >= 15 is 0 Å². The number of hydrazine groups is 1. The summed E-state index contributed by atoms with van der Waals surface area (Å²) in [5.74, 6) is -0.953. The van der Waals surface area contributed by atoms with Crippen LogP contribution in [-0.4, -0.2) is 44.9 Å². The number of phenols is 1. The molecule has 0 aliphatic carbocycles. The Morgan fingerprint density at radius 3 is 2.55 bits per heavy atom. The highest BCUT2D eigenvalue weighted by Crippen LogP contribution is 2.38. The molecule has 1 amide bonds. The first-order chi connectivity index (χ1) is 9.54. The summed E-state index contributed by atoms with van der Waals surface area (Å²) in [5.41, 5.74) is 10.6. The fraction of sp³-hybridized carbons (Fsp3) is 0.300. The van der Waals surface area contributed by atoms with Gasteiger partial charge in [0.05, 0.1) is 6.61 Å². The first kappa shape index (κ1) is 16.2. The Balaban J connectivity index is 2.71. The molecular weight excluding hydrogens is 264 g/mol. The number of hydrogen-bond donors (Lipinski definition) is 5. The summed E-state index contributed by atoms with van der Waals surface area (Å²) in [6.07, 6.45) is 0. The van der Waals surface area contributed by atoms with Gasteiger partial charge in [0.2, 0.25) is 0 Å². The van der Waals surface area contributed by atoms with Crippen molar-refractivity contribution in [1.82, 2.24) is 10.9 Å². The van der Waals surface area contributed by atoms with Gasteiger partial charge in [-0.3, -0.25) is 10.2 Å². The van der Waals surface area contributed by atoms with Crippen LogP contribution in [0.3, 0.4) is 0 Å². The van der Waals surface area contributed by atoms with Gasteiger partial charge in [0.1, 0.15) is 11.8 Å². The summed E-state index contributed by atoms with van der Waals surface area (Å²) in [7, 11) is 10.1. The van der Waals surface area contributed by atoms with Crippen LogP contribution in [0.2, 0.25) is 0 Å². The minimum Gasteiger partial charge on any atom is -0.565 e. The van der Waals surface area contributed by atoms with Crippen molar-refractivity contribution in [2.24, 2.45) is 5.73 Å². The van der Waals surface area contributed by atoms with Gasteiger partial charge in [-0.15, -0.1) is 0 Å². The standard InChI is InChI=1S/C10H13B2N3O5/c11-19-8-5(1-2-7(17)9(8)20-12)3-14-15-10(18)6(13)4-16/h1-2,6,14,16-17H,3-4,13H2,(H,15,18). The number of nitrogens with two attached hydrogens (primary N) is 1. The van der Waals surface area contributed by atoms with Crippen molar-refractivity contribution < 1.29 is 24.3 Å². The molecule has 0 spiro atoms. The van der Waals surface area contributed by atoms with E-state index in [0.29, 0.717) is 5.56 Å². The summed E-state index contributed by atoms with van der Waals surface area (Å²) >= 11 is 0. The molecule has 4 radical (unpaired) electrons. The number of aliphatic hydroxyl groups excluding tert-OH is 1. The Bertz CT molecular complexity index is 474. The van der Waals surface area contributed by atoms with Gasteiger partial charge in [-0.05, 0) is 6.07 Å². The second-order valence-electron chi connectivity index (χ2n) is 3.77. The lowest BCUT2D eigenvalue weighted by molar-refractivity contribution is -0.124. The molecule has 1 aromatic rings. The Hall–Kier alpha value is -1.90. The third kappa shape index (κ3) is 3.80. The molecule has 20 heavy (non-hydrogen) atoms. The highest BCUT2D eigenvalue weighted by atomic mass is 16.5. The van der Waals surface area contributed by atoms with E-state index < -0.39 is 18.6 Å². The fourth-order valence-corrected chi connectivity index (χ4v) is 1.38. The molecule has 1 aromatic carbocycles. The minimum absolute atomic E-state index is 0.0145. The summed E-state index contributed by atoms with van der Waals surface area (Å²) < 4.78 is 9.06. The molecule has 0 heterocycles. The van der Waals surface area contributed by atoms with E-state index in [0.717, 1.165) is 0 Å². The van der Waals surface area contributed by atoms with E-state index in [1.54, 1.807) is 0 Å². The molecule has 0 saturated carbocycles. The molecule has 6 N–H and O–H groups in total. The number of phenolic OH excluding ortho intramolecular Hbond substituents is 1. The number of aliphatic hydroxyl groups is 1. The van der Waals surface area contributed by atoms with Crippen LogP contribution in [0.25, 0.3) is 0 Å². The fourth-order valence-electron chi connectivity index (χ4n) is 1.38. The zero-order valence-electron chi connectivity index (χ0n) is 10.5. The lowest BCUT2D eigenvalue weighted by Crippen LogP contribution is -2.48. The van der Waals surface area contributed by atoms with Crippen LogP contribution < -0.4 is 25.9 Å². The quantitative estimate of drug-likeness (QED) is 0.281. The molecule has 0 fully saturated rings. The Labute approximate surface area is 118 Å². The molecule has 1 rings (SSSR count). The van der Waals surface area contributed by atoms with Gasteiger partial charge in [0.25, 0.3) is 5.91 Å². The maximum absolute atomic E-state index is 11.3. The van der Waals surface area contributed by atoms with Crippen molar-refractivity contribution in [3.63, 3.8) is 0 Å². The maximum Gasteiger partial charge on any atom is 0.374 e. The molecule has 104 valence electrons. The molecule has 1 atom stereocenters. The smallest absolute Gasteiger partial charge is 0.374 e. The first-order valence-electron chi connectivity index (χ1n) is 5.52. The SMILES string of the molecule is [B]Oc1c(O)ccc(CNNC(=O)C(N)CO)c1O[B]. The van der Waals surface area contributed by atoms with Crippen LogP contribution in [0, 0.1) is 0 Å². The van der Waals surface area contributed by atoms with Crippen molar-refractivity contribution in [1.29, 1.82) is 0 Å². The normalized spacial score (nSPS) is 11.7. The van der Waals surface area contributed by atoms with Crippen molar-refractivity contribution in [2.75, 3.05) is 6.61 Å². The molecule has 1 unspecified atom stereocenters. The van der Waals surface area contributed by atoms with Crippen molar-refractivity contribution in [3.05, 3.63) is 17.7 Å². The van der Waals surface area contributed by atoms with Crippen LogP contribution in [0.4, 0.5) is 0 Å². The molecule has 10 heteroatoms. The second-order valence-corrected chi connectivity index (χ2v) is 3.77. The molecule has 0 aliphatic heterocycles. The van der Waals surface area contributed by atoms with Crippen LogP contribution >= 0.6 is 0 Å². The second kappa shape index (κ2) is 7.63. The van der Waals surface area contributed by atoms with Crippen LogP contribution in [0.1, 0.15) is 5.56 Å². The third-order valence-electron chi connectivity index (χ3n) is 2.43. The average molecular weight is 277 g/mol. The number of carbonyl (C=O) groups is 1. The Morgan fingerprint density at radius 2 is 2.00 bits per heavy atom. The van der Waals surface area contributed by atoms with Gasteiger partial charge >= 0.3 is 16.1 Å². The zero-order chi connectivity index (χ0) is 15.1. The number of hydrogen-bond acceptors (Lipinski definition) is 7. The monoisotopic (exact) mass is 277 g/mol. The van der Waals surface area contributed by atoms with Gasteiger partial charge in [0, 0.05) is 12.1 Å². The van der Waals surface area contributed by atoms with Gasteiger partial charge < -0.3 is 25.3 Å². The van der Waals surface area contributed by atoms with Crippen LogP contribution in [0.5, 0.6) is 17.2 Å². The van der Waals surface area contributed by atoms with Gasteiger partial charge in [0.15, 0.2) is 11.5 Å². The van der Waals surface area contributed by atoms with Crippen LogP contribution in [0.15, 0.2) is 12.1 Å². The third-order valence-corrected chi connectivity index (χ3v) is 2.43. The topological polar surface area (TPSA) is 126 Å². The molecule has 0 saturated heterocycles. The summed E-state index contributed by atoms with van der Waals surface area (Å²) in [6, 6.07) is 1.78.